The third-order valence-corrected chi connectivity index (χ3v) is 3.46. The maximum absolute atomic E-state index is 11.9. The Morgan fingerprint density at radius 3 is 3.05 bits per heavy atom. The molecule has 1 aliphatic rings. The van der Waals surface area contributed by atoms with E-state index in [0.717, 1.165) is 39.0 Å². The highest BCUT2D eigenvalue weighted by atomic mass is 16.5. The molecule has 7 nitrogen and oxygen atoms in total. The highest BCUT2D eigenvalue weighted by Crippen LogP contribution is 2.06. The van der Waals surface area contributed by atoms with E-state index in [2.05, 4.69) is 20.7 Å². The number of carbonyl (C=O) groups excluding carboxylic acids is 1. The molecule has 1 saturated heterocycles. The van der Waals surface area contributed by atoms with Crippen molar-refractivity contribution in [3.05, 3.63) is 17.5 Å². The number of hydrogen-bond acceptors (Lipinski definition) is 6. The lowest BCUT2D eigenvalue weighted by Crippen LogP contribution is -2.48. The number of carbonyl (C=O) groups is 1. The van der Waals surface area contributed by atoms with Gasteiger partial charge in [-0.2, -0.15) is 0 Å². The van der Waals surface area contributed by atoms with Crippen LogP contribution in [0.25, 0.3) is 0 Å². The molecule has 2 rings (SSSR count). The van der Waals surface area contributed by atoms with Crippen molar-refractivity contribution in [2.24, 2.45) is 0 Å². The van der Waals surface area contributed by atoms with E-state index in [1.54, 1.807) is 6.07 Å². The maximum Gasteiger partial charge on any atom is 0.273 e. The monoisotopic (exact) mass is 296 g/mol. The lowest BCUT2D eigenvalue weighted by Gasteiger charge is -2.29. The van der Waals surface area contributed by atoms with E-state index < -0.39 is 6.10 Å². The number of nitrogens with zero attached hydrogens (tertiary/aromatic N) is 2. The third kappa shape index (κ3) is 5.11. The summed E-state index contributed by atoms with van der Waals surface area (Å²) in [5.41, 5.74) is 0.271. The highest BCUT2D eigenvalue weighted by molar-refractivity contribution is 5.92. The van der Waals surface area contributed by atoms with Gasteiger partial charge in [-0.25, -0.2) is 0 Å². The first kappa shape index (κ1) is 15.9. The first-order chi connectivity index (χ1) is 10.2. The zero-order valence-corrected chi connectivity index (χ0v) is 12.5. The molecule has 3 N–H and O–H groups in total. The van der Waals surface area contributed by atoms with Gasteiger partial charge in [0.1, 0.15) is 5.76 Å². The van der Waals surface area contributed by atoms with Gasteiger partial charge >= 0.3 is 0 Å². The van der Waals surface area contributed by atoms with Gasteiger partial charge in [-0.3, -0.25) is 9.69 Å². The summed E-state index contributed by atoms with van der Waals surface area (Å²) in [6.07, 6.45) is 1.14. The Morgan fingerprint density at radius 1 is 1.57 bits per heavy atom. The van der Waals surface area contributed by atoms with Crippen LogP contribution in [0.3, 0.4) is 0 Å². The van der Waals surface area contributed by atoms with Gasteiger partial charge in [0.05, 0.1) is 6.10 Å². The quantitative estimate of drug-likeness (QED) is 0.635. The van der Waals surface area contributed by atoms with Gasteiger partial charge in [-0.05, 0) is 6.42 Å². The summed E-state index contributed by atoms with van der Waals surface area (Å²) >= 11 is 0. The lowest BCUT2D eigenvalue weighted by atomic mass is 10.2. The Bertz CT molecular complexity index is 443. The summed E-state index contributed by atoms with van der Waals surface area (Å²) in [6, 6.07) is 1.65. The van der Waals surface area contributed by atoms with Crippen molar-refractivity contribution in [3.63, 3.8) is 0 Å². The normalized spacial score (nSPS) is 17.6. The van der Waals surface area contributed by atoms with Crippen molar-refractivity contribution in [2.45, 2.75) is 25.9 Å². The van der Waals surface area contributed by atoms with Gasteiger partial charge in [0.25, 0.3) is 5.91 Å². The van der Waals surface area contributed by atoms with Crippen LogP contribution in [0.2, 0.25) is 0 Å². The molecule has 0 radical (unpaired) electrons. The van der Waals surface area contributed by atoms with Gasteiger partial charge in [0.2, 0.25) is 0 Å². The Labute approximate surface area is 124 Å². The molecule has 2 heterocycles. The number of β-amino-alcohol motifs (C(OH)–C–C–N with tert-alkyl or cyclic N) is 1. The summed E-state index contributed by atoms with van der Waals surface area (Å²) in [7, 11) is 0. The van der Waals surface area contributed by atoms with Crippen LogP contribution >= 0.6 is 0 Å². The molecule has 1 fully saturated rings. The second-order valence-electron chi connectivity index (χ2n) is 5.34. The Morgan fingerprint density at radius 2 is 2.33 bits per heavy atom. The molecule has 0 bridgehead atoms. The second kappa shape index (κ2) is 8.11. The highest BCUT2D eigenvalue weighted by Gasteiger charge is 2.17. The average molecular weight is 296 g/mol. The van der Waals surface area contributed by atoms with Crippen LogP contribution in [0, 0.1) is 0 Å². The number of aromatic nitrogens is 1. The van der Waals surface area contributed by atoms with Crippen molar-refractivity contribution >= 4 is 5.91 Å². The van der Waals surface area contributed by atoms with Gasteiger partial charge < -0.3 is 20.3 Å². The molecule has 7 heteroatoms. The third-order valence-electron chi connectivity index (χ3n) is 3.46. The van der Waals surface area contributed by atoms with Crippen LogP contribution < -0.4 is 10.6 Å². The Balaban J connectivity index is 1.71. The van der Waals surface area contributed by atoms with Crippen LogP contribution in [0.5, 0.6) is 0 Å². The van der Waals surface area contributed by atoms with Gasteiger partial charge in [0.15, 0.2) is 5.69 Å². The number of aliphatic hydroxyl groups is 1. The first-order valence-electron chi connectivity index (χ1n) is 7.54. The lowest BCUT2D eigenvalue weighted by molar-refractivity contribution is 0.0835. The van der Waals surface area contributed by atoms with Crippen LogP contribution in [0.15, 0.2) is 10.6 Å². The van der Waals surface area contributed by atoms with Gasteiger partial charge in [-0.1, -0.05) is 12.1 Å². The van der Waals surface area contributed by atoms with Crippen LogP contribution in [-0.4, -0.2) is 66.4 Å². The molecule has 1 aliphatic heterocycles. The summed E-state index contributed by atoms with van der Waals surface area (Å²) in [5, 5.41) is 19.7. The van der Waals surface area contributed by atoms with E-state index >= 15 is 0 Å². The van der Waals surface area contributed by atoms with E-state index in [9.17, 15) is 9.90 Å². The number of aryl methyl sites for hydroxylation is 1. The number of rotatable bonds is 7. The topological polar surface area (TPSA) is 90.6 Å². The van der Waals surface area contributed by atoms with Crippen LogP contribution in [0.4, 0.5) is 0 Å². The van der Waals surface area contributed by atoms with Crippen molar-refractivity contribution in [1.82, 2.24) is 20.7 Å². The molecule has 0 aromatic carbocycles. The minimum atomic E-state index is -0.575. The molecule has 0 saturated carbocycles. The largest absolute Gasteiger partial charge is 0.390 e. The van der Waals surface area contributed by atoms with E-state index in [4.69, 9.17) is 4.52 Å². The fourth-order valence-electron chi connectivity index (χ4n) is 2.34. The van der Waals surface area contributed by atoms with Crippen LogP contribution in [-0.2, 0) is 6.42 Å². The molecule has 1 amide bonds. The van der Waals surface area contributed by atoms with E-state index in [0.29, 0.717) is 12.3 Å². The van der Waals surface area contributed by atoms with Crippen molar-refractivity contribution in [1.29, 1.82) is 0 Å². The van der Waals surface area contributed by atoms with Gasteiger partial charge in [-0.15, -0.1) is 0 Å². The predicted molar refractivity (Wildman–Crippen MR) is 78.1 cm³/mol. The maximum atomic E-state index is 11.9. The standard InChI is InChI=1S/C14H24N4O3/c1-2-3-12-8-13(17-21-12)14(20)16-9-11(19)10-18-6-4-15-5-7-18/h8,11,15,19H,2-7,9-10H2,1H3,(H,16,20)/t11-/m1/s1. The summed E-state index contributed by atoms with van der Waals surface area (Å²) in [5.74, 6) is 0.407. The Hall–Kier alpha value is -1.44. The zero-order chi connectivity index (χ0) is 15.1. The second-order valence-corrected chi connectivity index (χ2v) is 5.34. The molecule has 0 aliphatic carbocycles. The SMILES string of the molecule is CCCc1cc(C(=O)NC[C@@H](O)CN2CCNCC2)no1. The minimum Gasteiger partial charge on any atom is -0.390 e. The number of nitrogens with one attached hydrogen (secondary N) is 2. The van der Waals surface area contributed by atoms with Crippen molar-refractivity contribution in [2.75, 3.05) is 39.3 Å². The van der Waals surface area contributed by atoms with Gasteiger partial charge in [0, 0.05) is 51.8 Å². The van der Waals surface area contributed by atoms with E-state index in [1.807, 2.05) is 6.92 Å². The molecule has 118 valence electrons. The van der Waals surface area contributed by atoms with E-state index in [1.165, 1.54) is 0 Å². The van der Waals surface area contributed by atoms with Crippen LogP contribution in [0.1, 0.15) is 29.6 Å². The smallest absolute Gasteiger partial charge is 0.273 e. The number of hydrogen-bond donors (Lipinski definition) is 3. The number of aliphatic hydroxyl groups excluding tert-OH is 1. The average Bonchev–Trinajstić information content (AvgIpc) is 2.95. The molecular weight excluding hydrogens is 272 g/mol. The summed E-state index contributed by atoms with van der Waals surface area (Å²) in [6.45, 7) is 6.56. The Kier molecular flexibility index (Phi) is 6.16. The molecular formula is C14H24N4O3. The van der Waals surface area contributed by atoms with E-state index in [-0.39, 0.29) is 18.1 Å². The summed E-state index contributed by atoms with van der Waals surface area (Å²) in [4.78, 5) is 14.1. The number of amides is 1. The molecule has 1 atom stereocenters. The molecule has 21 heavy (non-hydrogen) atoms. The first-order valence-corrected chi connectivity index (χ1v) is 7.54. The molecule has 0 unspecified atom stereocenters. The molecule has 1 aromatic heterocycles. The predicted octanol–water partition coefficient (Wildman–Crippen LogP) is -0.377. The fraction of sp³-hybridized carbons (Fsp3) is 0.714. The zero-order valence-electron chi connectivity index (χ0n) is 12.5. The molecule has 1 aromatic rings. The number of piperazine rings is 1. The molecule has 0 spiro atoms. The summed E-state index contributed by atoms with van der Waals surface area (Å²) < 4.78 is 5.07. The van der Waals surface area contributed by atoms with Crippen molar-refractivity contribution < 1.29 is 14.4 Å². The minimum absolute atomic E-state index is 0.221. The fourth-order valence-corrected chi connectivity index (χ4v) is 2.34. The van der Waals surface area contributed by atoms with Crippen molar-refractivity contribution in [3.8, 4) is 0 Å².